The van der Waals surface area contributed by atoms with E-state index < -0.39 is 0 Å². The number of aromatic nitrogens is 2. The first kappa shape index (κ1) is 13.0. The van der Waals surface area contributed by atoms with Gasteiger partial charge in [0.2, 0.25) is 0 Å². The van der Waals surface area contributed by atoms with E-state index in [0.717, 1.165) is 17.9 Å². The summed E-state index contributed by atoms with van der Waals surface area (Å²) in [5.41, 5.74) is 3.54. The molecule has 1 atom stereocenters. The molecule has 0 radical (unpaired) electrons. The first-order chi connectivity index (χ1) is 8.72. The first-order valence-corrected chi connectivity index (χ1v) is 6.44. The smallest absolute Gasteiger partial charge is 0.148 e. The van der Waals surface area contributed by atoms with Crippen molar-refractivity contribution in [2.24, 2.45) is 5.84 Å². The molecule has 1 aromatic heterocycles. The number of likely N-dealkylation sites (tertiary alicyclic amines) is 1. The summed E-state index contributed by atoms with van der Waals surface area (Å²) in [7, 11) is 2.19. The van der Waals surface area contributed by atoms with Crippen LogP contribution >= 0.6 is 0 Å². The predicted octanol–water partition coefficient (Wildman–Crippen LogP) is 0.967. The van der Waals surface area contributed by atoms with E-state index in [2.05, 4.69) is 32.7 Å². The Labute approximate surface area is 108 Å². The average molecular weight is 250 g/mol. The summed E-state index contributed by atoms with van der Waals surface area (Å²) in [4.78, 5) is 10.7. The van der Waals surface area contributed by atoms with Crippen LogP contribution in [0.1, 0.15) is 24.8 Å². The fraction of sp³-hybridized carbons (Fsp3) is 0.667. The second-order valence-corrected chi connectivity index (χ2v) is 4.85. The Morgan fingerprint density at radius 3 is 2.89 bits per heavy atom. The van der Waals surface area contributed by atoms with E-state index in [1.807, 2.05) is 6.92 Å². The number of likely N-dealkylation sites (N-methyl/N-ethyl adjacent to an activating group) is 1. The third kappa shape index (κ3) is 2.88. The zero-order valence-corrected chi connectivity index (χ0v) is 11.1. The Morgan fingerprint density at radius 1 is 1.39 bits per heavy atom. The molecular weight excluding hydrogens is 228 g/mol. The van der Waals surface area contributed by atoms with E-state index in [1.165, 1.54) is 32.1 Å². The van der Waals surface area contributed by atoms with Crippen LogP contribution in [0.25, 0.3) is 0 Å². The highest BCUT2D eigenvalue weighted by molar-refractivity contribution is 5.55. The largest absolute Gasteiger partial charge is 0.368 e. The summed E-state index contributed by atoms with van der Waals surface area (Å²) < 4.78 is 0. The van der Waals surface area contributed by atoms with E-state index in [4.69, 9.17) is 5.84 Å². The van der Waals surface area contributed by atoms with E-state index in [9.17, 15) is 0 Å². The van der Waals surface area contributed by atoms with E-state index >= 15 is 0 Å². The molecule has 18 heavy (non-hydrogen) atoms. The van der Waals surface area contributed by atoms with Crippen molar-refractivity contribution in [2.45, 2.75) is 32.2 Å². The van der Waals surface area contributed by atoms with Crippen LogP contribution in [-0.4, -0.2) is 41.0 Å². The van der Waals surface area contributed by atoms with E-state index in [-0.39, 0.29) is 0 Å². The Balaban J connectivity index is 1.97. The van der Waals surface area contributed by atoms with Crippen molar-refractivity contribution in [1.29, 1.82) is 0 Å². The molecule has 2 rings (SSSR count). The fourth-order valence-corrected chi connectivity index (χ4v) is 2.39. The number of anilines is 2. The third-order valence-corrected chi connectivity index (χ3v) is 3.65. The number of rotatable bonds is 4. The number of hydrogen-bond acceptors (Lipinski definition) is 6. The first-order valence-electron chi connectivity index (χ1n) is 6.44. The molecule has 4 N–H and O–H groups in total. The molecular formula is C12H22N6. The standard InChI is InChI=1S/C12H22N6/c1-9-11(15-8-16-12(9)17-13)14-7-10-5-3-4-6-18(10)2/h8,10H,3-7,13H2,1-2H3,(H2,14,15,16,17). The monoisotopic (exact) mass is 250 g/mol. The summed E-state index contributed by atoms with van der Waals surface area (Å²) in [6.45, 7) is 4.06. The van der Waals surface area contributed by atoms with Crippen molar-refractivity contribution in [2.75, 3.05) is 30.9 Å². The minimum Gasteiger partial charge on any atom is -0.368 e. The lowest BCUT2D eigenvalue weighted by molar-refractivity contribution is 0.194. The molecule has 0 bridgehead atoms. The quantitative estimate of drug-likeness (QED) is 0.546. The number of hydrazine groups is 1. The Kier molecular flexibility index (Phi) is 4.33. The fourth-order valence-electron chi connectivity index (χ4n) is 2.39. The number of piperidine rings is 1. The van der Waals surface area contributed by atoms with Crippen LogP contribution in [0, 0.1) is 6.92 Å². The van der Waals surface area contributed by atoms with Gasteiger partial charge in [-0.25, -0.2) is 15.8 Å². The molecule has 1 aliphatic rings. The average Bonchev–Trinajstić information content (AvgIpc) is 2.39. The SMILES string of the molecule is Cc1c(NN)ncnc1NCC1CCCCN1C. The van der Waals surface area contributed by atoms with Gasteiger partial charge in [0.05, 0.1) is 0 Å². The molecule has 0 spiro atoms. The van der Waals surface area contributed by atoms with Gasteiger partial charge >= 0.3 is 0 Å². The zero-order valence-electron chi connectivity index (χ0n) is 11.1. The topological polar surface area (TPSA) is 79.1 Å². The van der Waals surface area contributed by atoms with Crippen LogP contribution in [0.3, 0.4) is 0 Å². The van der Waals surface area contributed by atoms with Crippen LogP contribution in [-0.2, 0) is 0 Å². The van der Waals surface area contributed by atoms with Crippen molar-refractivity contribution in [1.82, 2.24) is 14.9 Å². The second-order valence-electron chi connectivity index (χ2n) is 4.85. The van der Waals surface area contributed by atoms with Crippen molar-refractivity contribution in [3.05, 3.63) is 11.9 Å². The molecule has 1 unspecified atom stereocenters. The van der Waals surface area contributed by atoms with Crippen LogP contribution in [0.15, 0.2) is 6.33 Å². The molecule has 0 aliphatic carbocycles. The molecule has 1 aromatic rings. The van der Waals surface area contributed by atoms with Gasteiger partial charge in [-0.15, -0.1) is 0 Å². The van der Waals surface area contributed by atoms with Gasteiger partial charge in [-0.1, -0.05) is 6.42 Å². The van der Waals surface area contributed by atoms with E-state index in [0.29, 0.717) is 11.9 Å². The molecule has 0 aromatic carbocycles. The highest BCUT2D eigenvalue weighted by atomic mass is 15.3. The molecule has 6 nitrogen and oxygen atoms in total. The molecule has 6 heteroatoms. The number of nitrogen functional groups attached to an aromatic ring is 1. The summed E-state index contributed by atoms with van der Waals surface area (Å²) in [6, 6.07) is 0.586. The van der Waals surface area contributed by atoms with Gasteiger partial charge in [0.15, 0.2) is 0 Å². The molecule has 0 saturated carbocycles. The van der Waals surface area contributed by atoms with Gasteiger partial charge in [-0.2, -0.15) is 0 Å². The molecule has 1 aliphatic heterocycles. The van der Waals surface area contributed by atoms with Gasteiger partial charge in [0.1, 0.15) is 18.0 Å². The maximum Gasteiger partial charge on any atom is 0.148 e. The van der Waals surface area contributed by atoms with Gasteiger partial charge in [0, 0.05) is 18.2 Å². The van der Waals surface area contributed by atoms with Crippen molar-refractivity contribution < 1.29 is 0 Å². The van der Waals surface area contributed by atoms with Gasteiger partial charge in [0.25, 0.3) is 0 Å². The number of nitrogens with one attached hydrogen (secondary N) is 2. The van der Waals surface area contributed by atoms with Crippen LogP contribution in [0.4, 0.5) is 11.6 Å². The lowest BCUT2D eigenvalue weighted by Crippen LogP contribution is -2.41. The molecule has 1 fully saturated rings. The van der Waals surface area contributed by atoms with Gasteiger partial charge in [-0.3, -0.25) is 0 Å². The third-order valence-electron chi connectivity index (χ3n) is 3.65. The van der Waals surface area contributed by atoms with Gasteiger partial charge < -0.3 is 15.6 Å². The Hall–Kier alpha value is -1.40. The normalized spacial score (nSPS) is 20.7. The molecule has 2 heterocycles. The van der Waals surface area contributed by atoms with Crippen molar-refractivity contribution in [3.8, 4) is 0 Å². The zero-order chi connectivity index (χ0) is 13.0. The molecule has 1 saturated heterocycles. The highest BCUT2D eigenvalue weighted by Crippen LogP contribution is 2.19. The summed E-state index contributed by atoms with van der Waals surface area (Å²) in [6.07, 6.45) is 5.39. The minimum atomic E-state index is 0.586. The van der Waals surface area contributed by atoms with Gasteiger partial charge in [-0.05, 0) is 33.4 Å². The Morgan fingerprint density at radius 2 is 2.17 bits per heavy atom. The summed E-state index contributed by atoms with van der Waals surface area (Å²) in [5.74, 6) is 6.93. The number of nitrogens with zero attached hydrogens (tertiary/aromatic N) is 3. The van der Waals surface area contributed by atoms with Crippen molar-refractivity contribution in [3.63, 3.8) is 0 Å². The number of nitrogens with two attached hydrogens (primary N) is 1. The summed E-state index contributed by atoms with van der Waals surface area (Å²) in [5, 5.41) is 3.40. The molecule has 100 valence electrons. The molecule has 0 amide bonds. The lowest BCUT2D eigenvalue weighted by Gasteiger charge is -2.32. The predicted molar refractivity (Wildman–Crippen MR) is 73.3 cm³/mol. The lowest BCUT2D eigenvalue weighted by atomic mass is 10.0. The highest BCUT2D eigenvalue weighted by Gasteiger charge is 2.18. The van der Waals surface area contributed by atoms with Crippen LogP contribution < -0.4 is 16.6 Å². The maximum absolute atomic E-state index is 5.40. The number of hydrogen-bond donors (Lipinski definition) is 3. The maximum atomic E-state index is 5.40. The Bertz CT molecular complexity index is 394. The van der Waals surface area contributed by atoms with Crippen molar-refractivity contribution >= 4 is 11.6 Å². The minimum absolute atomic E-state index is 0.586. The second kappa shape index (κ2) is 5.97. The van der Waals surface area contributed by atoms with E-state index in [1.54, 1.807) is 0 Å². The van der Waals surface area contributed by atoms with Crippen LogP contribution in [0.2, 0.25) is 0 Å². The van der Waals surface area contributed by atoms with Crippen LogP contribution in [0.5, 0.6) is 0 Å². The summed E-state index contributed by atoms with van der Waals surface area (Å²) >= 11 is 0.